The molecule has 0 bridgehead atoms. The summed E-state index contributed by atoms with van der Waals surface area (Å²) in [7, 11) is 0. The summed E-state index contributed by atoms with van der Waals surface area (Å²) < 4.78 is 5.06. The highest BCUT2D eigenvalue weighted by Crippen LogP contribution is 2.08. The zero-order valence-corrected chi connectivity index (χ0v) is 7.80. The largest absolute Gasteiger partial charge is 0.396 e. The lowest BCUT2D eigenvalue weighted by Crippen LogP contribution is -2.05. The minimum absolute atomic E-state index is 0.274. The van der Waals surface area contributed by atoms with E-state index in [1.165, 1.54) is 0 Å². The minimum atomic E-state index is 0.274. The van der Waals surface area contributed by atoms with Crippen molar-refractivity contribution in [1.82, 2.24) is 0 Å². The zero-order valence-electron chi connectivity index (χ0n) is 5.64. The van der Waals surface area contributed by atoms with E-state index in [0.717, 1.165) is 19.3 Å². The highest BCUT2D eigenvalue weighted by Gasteiger charge is 2.02. The molecular weight excluding hydrogens is 231 g/mol. The maximum atomic E-state index is 8.45. The molecule has 3 heteroatoms. The molecule has 0 aromatic rings. The highest BCUT2D eigenvalue weighted by molar-refractivity contribution is 14.1. The van der Waals surface area contributed by atoms with Gasteiger partial charge < -0.3 is 8.17 Å². The number of hydrogen-bond donors (Lipinski definition) is 1. The number of aliphatic hydroxyl groups is 1. The number of aliphatic hydroxyl groups excluding tert-OH is 1. The predicted molar refractivity (Wildman–Crippen MR) is 45.5 cm³/mol. The van der Waals surface area contributed by atoms with Crippen LogP contribution in [0.4, 0.5) is 0 Å². The smallest absolute Gasteiger partial charge is 0.110 e. The molecule has 0 fully saturated rings. The molecule has 0 saturated heterocycles. The number of hydrogen-bond acceptors (Lipinski definition) is 2. The van der Waals surface area contributed by atoms with Crippen LogP contribution >= 0.6 is 23.0 Å². The van der Waals surface area contributed by atoms with Crippen LogP contribution in [0.5, 0.6) is 0 Å². The molecule has 0 aliphatic heterocycles. The lowest BCUT2D eigenvalue weighted by molar-refractivity contribution is 0.220. The lowest BCUT2D eigenvalue weighted by Gasteiger charge is -2.08. The van der Waals surface area contributed by atoms with E-state index in [-0.39, 0.29) is 6.61 Å². The van der Waals surface area contributed by atoms with Gasteiger partial charge in [0.2, 0.25) is 0 Å². The fourth-order valence-electron chi connectivity index (χ4n) is 0.631. The van der Waals surface area contributed by atoms with E-state index < -0.39 is 0 Å². The molecule has 0 aromatic carbocycles. The first-order valence-corrected chi connectivity index (χ1v) is 4.11. The van der Waals surface area contributed by atoms with Gasteiger partial charge in [0.25, 0.3) is 0 Å². The molecule has 9 heavy (non-hydrogen) atoms. The molecule has 0 amide bonds. The maximum absolute atomic E-state index is 8.45. The number of rotatable bonds is 5. The zero-order chi connectivity index (χ0) is 7.11. The monoisotopic (exact) mass is 244 g/mol. The Morgan fingerprint density at radius 1 is 1.67 bits per heavy atom. The minimum Gasteiger partial charge on any atom is -0.396 e. The Bertz CT molecular complexity index is 55.0. The van der Waals surface area contributed by atoms with Crippen LogP contribution in [0.3, 0.4) is 0 Å². The molecule has 0 aliphatic carbocycles. The van der Waals surface area contributed by atoms with Crippen LogP contribution in [0.15, 0.2) is 0 Å². The van der Waals surface area contributed by atoms with Crippen molar-refractivity contribution in [3.8, 4) is 0 Å². The van der Waals surface area contributed by atoms with Gasteiger partial charge in [-0.2, -0.15) is 0 Å². The average Bonchev–Trinajstić information content (AvgIpc) is 1.91. The third-order valence-electron chi connectivity index (χ3n) is 1.27. The third-order valence-corrected chi connectivity index (χ3v) is 1.98. The van der Waals surface area contributed by atoms with Crippen LogP contribution in [0.25, 0.3) is 0 Å². The third kappa shape index (κ3) is 5.11. The van der Waals surface area contributed by atoms with Gasteiger partial charge >= 0.3 is 0 Å². The quantitative estimate of drug-likeness (QED) is 0.748. The SMILES string of the molecule is CC[C@@H](CCCO)OI. The second-order valence-corrected chi connectivity index (χ2v) is 2.49. The standard InChI is InChI=1S/C6H13IO2/c1-2-6(9-7)4-3-5-8/h6,8H,2-5H2,1H3/t6-/m0/s1. The van der Waals surface area contributed by atoms with Crippen LogP contribution in [0, 0.1) is 0 Å². The van der Waals surface area contributed by atoms with Gasteiger partial charge in [-0.1, -0.05) is 6.92 Å². The summed E-state index contributed by atoms with van der Waals surface area (Å²) >= 11 is 1.91. The van der Waals surface area contributed by atoms with E-state index in [1.807, 2.05) is 23.0 Å². The van der Waals surface area contributed by atoms with E-state index in [0.29, 0.717) is 6.10 Å². The van der Waals surface area contributed by atoms with Crippen molar-refractivity contribution in [3.63, 3.8) is 0 Å². The molecule has 0 aromatic heterocycles. The second kappa shape index (κ2) is 6.77. The van der Waals surface area contributed by atoms with E-state index in [1.54, 1.807) is 0 Å². The van der Waals surface area contributed by atoms with E-state index in [4.69, 9.17) is 8.17 Å². The van der Waals surface area contributed by atoms with Crippen molar-refractivity contribution in [2.24, 2.45) is 0 Å². The van der Waals surface area contributed by atoms with E-state index in [9.17, 15) is 0 Å². The molecule has 0 aliphatic rings. The molecule has 2 nitrogen and oxygen atoms in total. The highest BCUT2D eigenvalue weighted by atomic mass is 127. The molecule has 1 atom stereocenters. The first-order chi connectivity index (χ1) is 4.35. The summed E-state index contributed by atoms with van der Waals surface area (Å²) in [5.41, 5.74) is 0. The van der Waals surface area contributed by atoms with Crippen molar-refractivity contribution in [3.05, 3.63) is 0 Å². The van der Waals surface area contributed by atoms with Crippen molar-refractivity contribution in [2.75, 3.05) is 6.61 Å². The molecule has 0 radical (unpaired) electrons. The topological polar surface area (TPSA) is 29.5 Å². The average molecular weight is 244 g/mol. The Labute approximate surface area is 70.3 Å². The predicted octanol–water partition coefficient (Wildman–Crippen LogP) is 1.90. The molecule has 0 saturated carbocycles. The summed E-state index contributed by atoms with van der Waals surface area (Å²) in [6.45, 7) is 2.36. The van der Waals surface area contributed by atoms with Gasteiger partial charge in [-0.3, -0.25) is 0 Å². The summed E-state index contributed by atoms with van der Waals surface area (Å²) in [5, 5.41) is 8.45. The lowest BCUT2D eigenvalue weighted by atomic mass is 10.2. The van der Waals surface area contributed by atoms with Gasteiger partial charge in [-0.25, -0.2) is 0 Å². The fourth-order valence-corrected chi connectivity index (χ4v) is 1.24. The molecule has 0 heterocycles. The Morgan fingerprint density at radius 2 is 2.33 bits per heavy atom. The molecule has 0 unspecified atom stereocenters. The van der Waals surface area contributed by atoms with Crippen molar-refractivity contribution < 1.29 is 8.17 Å². The first-order valence-electron chi connectivity index (χ1n) is 3.23. The summed E-state index contributed by atoms with van der Waals surface area (Å²) in [4.78, 5) is 0. The van der Waals surface area contributed by atoms with Crippen molar-refractivity contribution in [1.29, 1.82) is 0 Å². The van der Waals surface area contributed by atoms with Crippen LogP contribution in [0.1, 0.15) is 26.2 Å². The van der Waals surface area contributed by atoms with E-state index >= 15 is 0 Å². The molecule has 56 valence electrons. The van der Waals surface area contributed by atoms with Crippen LogP contribution in [-0.2, 0) is 3.07 Å². The van der Waals surface area contributed by atoms with Gasteiger partial charge in [0.05, 0.1) is 6.10 Å². The van der Waals surface area contributed by atoms with Crippen molar-refractivity contribution >= 4 is 23.0 Å². The Balaban J connectivity index is 3.09. The Hall–Kier alpha value is 0.650. The van der Waals surface area contributed by atoms with E-state index in [2.05, 4.69) is 6.92 Å². The van der Waals surface area contributed by atoms with Crippen LogP contribution in [-0.4, -0.2) is 17.8 Å². The van der Waals surface area contributed by atoms with Crippen LogP contribution < -0.4 is 0 Å². The molecule has 0 rings (SSSR count). The Kier molecular flexibility index (Phi) is 7.25. The first kappa shape index (κ1) is 9.65. The summed E-state index contributed by atoms with van der Waals surface area (Å²) in [6, 6.07) is 0. The molecule has 1 N–H and O–H groups in total. The summed E-state index contributed by atoms with van der Waals surface area (Å²) in [6.07, 6.45) is 3.18. The van der Waals surface area contributed by atoms with Gasteiger partial charge in [0.1, 0.15) is 23.0 Å². The van der Waals surface area contributed by atoms with Crippen LogP contribution in [0.2, 0.25) is 0 Å². The van der Waals surface area contributed by atoms with Gasteiger partial charge in [-0.15, -0.1) is 0 Å². The van der Waals surface area contributed by atoms with Gasteiger partial charge in [0, 0.05) is 6.61 Å². The molecular formula is C6H13IO2. The fraction of sp³-hybridized carbons (Fsp3) is 1.00. The summed E-state index contributed by atoms with van der Waals surface area (Å²) in [5.74, 6) is 0. The van der Waals surface area contributed by atoms with Gasteiger partial charge in [0.15, 0.2) is 0 Å². The normalized spacial score (nSPS) is 13.7. The molecule has 0 spiro atoms. The second-order valence-electron chi connectivity index (χ2n) is 1.99. The maximum Gasteiger partial charge on any atom is 0.110 e. The van der Waals surface area contributed by atoms with Crippen molar-refractivity contribution in [2.45, 2.75) is 32.3 Å². The Morgan fingerprint density at radius 3 is 2.67 bits per heavy atom. The van der Waals surface area contributed by atoms with Gasteiger partial charge in [-0.05, 0) is 19.3 Å². The number of halogens is 1.